The van der Waals surface area contributed by atoms with E-state index in [0.29, 0.717) is 48.6 Å². The Kier molecular flexibility index (Phi) is 8.59. The Bertz CT molecular complexity index is 1150. The predicted molar refractivity (Wildman–Crippen MR) is 130 cm³/mol. The monoisotopic (exact) mass is 491 g/mol. The van der Waals surface area contributed by atoms with E-state index in [4.69, 9.17) is 15.3 Å². The fourth-order valence-electron chi connectivity index (χ4n) is 3.17. The van der Waals surface area contributed by atoms with Gasteiger partial charge in [0, 0.05) is 24.4 Å². The molecule has 33 heavy (non-hydrogen) atoms. The highest BCUT2D eigenvalue weighted by atomic mass is 32.2. The minimum atomic E-state index is -3.58. The molecule has 0 amide bonds. The molecule has 2 N–H and O–H groups in total. The van der Waals surface area contributed by atoms with Crippen LogP contribution in [0.5, 0.6) is 11.5 Å². The number of thioether (sulfide) groups is 1. The Morgan fingerprint density at radius 2 is 1.67 bits per heavy atom. The zero-order chi connectivity index (χ0) is 23.8. The van der Waals surface area contributed by atoms with Crippen LogP contribution in [0.3, 0.4) is 0 Å². The van der Waals surface area contributed by atoms with Crippen molar-refractivity contribution in [2.75, 3.05) is 37.9 Å². The molecule has 11 heteroatoms. The van der Waals surface area contributed by atoms with Crippen LogP contribution >= 0.6 is 11.8 Å². The minimum absolute atomic E-state index is 0.199. The quantitative estimate of drug-likeness (QED) is 0.233. The summed E-state index contributed by atoms with van der Waals surface area (Å²) < 4.78 is 39.6. The molecule has 3 rings (SSSR count). The summed E-state index contributed by atoms with van der Waals surface area (Å²) in [4.78, 5) is 0.199. The summed E-state index contributed by atoms with van der Waals surface area (Å²) in [6.45, 7) is 7.43. The van der Waals surface area contributed by atoms with E-state index in [9.17, 15) is 8.42 Å². The van der Waals surface area contributed by atoms with E-state index in [1.165, 1.54) is 20.7 Å². The van der Waals surface area contributed by atoms with E-state index in [-0.39, 0.29) is 4.90 Å². The van der Waals surface area contributed by atoms with Crippen LogP contribution in [0.2, 0.25) is 0 Å². The summed E-state index contributed by atoms with van der Waals surface area (Å²) in [5.41, 5.74) is 0.579. The minimum Gasteiger partial charge on any atom is -0.494 e. The molecule has 3 aromatic rings. The average Bonchev–Trinajstić information content (AvgIpc) is 3.19. The van der Waals surface area contributed by atoms with Crippen LogP contribution in [0.4, 0.5) is 0 Å². The third-order valence-corrected chi connectivity index (χ3v) is 7.77. The second-order valence-corrected chi connectivity index (χ2v) is 9.89. The van der Waals surface area contributed by atoms with Crippen molar-refractivity contribution in [1.29, 1.82) is 0 Å². The van der Waals surface area contributed by atoms with Crippen molar-refractivity contribution in [1.82, 2.24) is 19.2 Å². The maximum Gasteiger partial charge on any atom is 0.243 e. The van der Waals surface area contributed by atoms with E-state index in [1.807, 2.05) is 45.0 Å². The Balaban J connectivity index is 1.64. The van der Waals surface area contributed by atoms with E-state index >= 15 is 0 Å². The second kappa shape index (κ2) is 11.4. The summed E-state index contributed by atoms with van der Waals surface area (Å²) in [5, 5.41) is 8.82. The zero-order valence-electron chi connectivity index (χ0n) is 19.0. The normalized spacial score (nSPS) is 11.6. The van der Waals surface area contributed by atoms with Gasteiger partial charge in [0.15, 0.2) is 5.82 Å². The average molecular weight is 492 g/mol. The van der Waals surface area contributed by atoms with Gasteiger partial charge in [-0.1, -0.05) is 37.7 Å². The lowest BCUT2D eigenvalue weighted by molar-refractivity contribution is 0.332. The number of hydrogen-bond acceptors (Lipinski definition) is 8. The third kappa shape index (κ3) is 5.98. The predicted octanol–water partition coefficient (Wildman–Crippen LogP) is 3.26. The first-order valence-electron chi connectivity index (χ1n) is 10.7. The van der Waals surface area contributed by atoms with Crippen LogP contribution in [0.1, 0.15) is 20.8 Å². The van der Waals surface area contributed by atoms with Gasteiger partial charge in [0.1, 0.15) is 11.5 Å². The first-order valence-corrected chi connectivity index (χ1v) is 13.1. The number of nitrogen functional groups attached to an aromatic ring is 1. The summed E-state index contributed by atoms with van der Waals surface area (Å²) >= 11 is 1.40. The van der Waals surface area contributed by atoms with Gasteiger partial charge in [-0.25, -0.2) is 13.1 Å². The summed E-state index contributed by atoms with van der Waals surface area (Å²) in [5.74, 6) is 8.75. The van der Waals surface area contributed by atoms with Gasteiger partial charge in [0.2, 0.25) is 15.2 Å². The van der Waals surface area contributed by atoms with Gasteiger partial charge in [-0.15, -0.1) is 10.2 Å². The summed E-state index contributed by atoms with van der Waals surface area (Å²) in [7, 11) is -3.58. The van der Waals surface area contributed by atoms with Gasteiger partial charge in [0.25, 0.3) is 0 Å². The summed E-state index contributed by atoms with van der Waals surface area (Å²) in [6, 6.07) is 14.0. The number of nitrogens with two attached hydrogens (primary N) is 1. The SMILES string of the molecule is CCOc1ccc(OCCSc2nnc(-c3cccc(S(=O)(=O)N(CC)CC)c3)n2N)cc1. The van der Waals surface area contributed by atoms with Crippen LogP contribution in [0, 0.1) is 0 Å². The van der Waals surface area contributed by atoms with Gasteiger partial charge >= 0.3 is 0 Å². The molecule has 0 aliphatic heterocycles. The fourth-order valence-corrected chi connectivity index (χ4v) is 5.35. The van der Waals surface area contributed by atoms with Gasteiger partial charge in [0.05, 0.1) is 18.1 Å². The van der Waals surface area contributed by atoms with E-state index in [2.05, 4.69) is 10.2 Å². The lowest BCUT2D eigenvalue weighted by atomic mass is 10.2. The molecule has 0 spiro atoms. The van der Waals surface area contributed by atoms with Gasteiger partial charge in [-0.05, 0) is 43.3 Å². The first-order chi connectivity index (χ1) is 15.9. The number of benzene rings is 2. The van der Waals surface area contributed by atoms with Crippen molar-refractivity contribution >= 4 is 21.8 Å². The molecular formula is C22H29N5O4S2. The number of sulfonamides is 1. The standard InChI is InChI=1S/C22H29N5O4S2/c1-4-26(5-2)33(28,29)20-9-7-8-17(16-20)21-24-25-22(27(21)23)32-15-14-31-19-12-10-18(11-13-19)30-6-3/h7-13,16H,4-6,14-15,23H2,1-3H3. The number of aromatic nitrogens is 3. The van der Waals surface area contributed by atoms with Gasteiger partial charge < -0.3 is 15.3 Å². The van der Waals surface area contributed by atoms with Crippen molar-refractivity contribution in [2.45, 2.75) is 30.8 Å². The van der Waals surface area contributed by atoms with Crippen molar-refractivity contribution in [3.05, 3.63) is 48.5 Å². The maximum absolute atomic E-state index is 12.8. The highest BCUT2D eigenvalue weighted by Crippen LogP contribution is 2.25. The molecule has 0 saturated carbocycles. The molecule has 9 nitrogen and oxygen atoms in total. The lowest BCUT2D eigenvalue weighted by Crippen LogP contribution is -2.30. The molecule has 1 heterocycles. The van der Waals surface area contributed by atoms with Crippen molar-refractivity contribution in [3.8, 4) is 22.9 Å². The fraction of sp³-hybridized carbons (Fsp3) is 0.364. The topological polar surface area (TPSA) is 113 Å². The number of nitrogens with zero attached hydrogens (tertiary/aromatic N) is 4. The molecule has 0 fully saturated rings. The largest absolute Gasteiger partial charge is 0.494 e. The van der Waals surface area contributed by atoms with Crippen LogP contribution in [-0.2, 0) is 10.0 Å². The maximum atomic E-state index is 12.8. The molecule has 0 saturated heterocycles. The molecule has 1 aromatic heterocycles. The Hall–Kier alpha value is -2.76. The molecule has 0 bridgehead atoms. The lowest BCUT2D eigenvalue weighted by Gasteiger charge is -2.18. The Morgan fingerprint density at radius 3 is 2.30 bits per heavy atom. The van der Waals surface area contributed by atoms with Crippen LogP contribution in [0.25, 0.3) is 11.4 Å². The second-order valence-electron chi connectivity index (χ2n) is 6.89. The Labute approximate surface area is 198 Å². The molecule has 178 valence electrons. The highest BCUT2D eigenvalue weighted by molar-refractivity contribution is 7.99. The summed E-state index contributed by atoms with van der Waals surface area (Å²) in [6.07, 6.45) is 0. The van der Waals surface area contributed by atoms with Crippen molar-refractivity contribution in [3.63, 3.8) is 0 Å². The van der Waals surface area contributed by atoms with E-state index in [1.54, 1.807) is 24.3 Å². The van der Waals surface area contributed by atoms with Crippen molar-refractivity contribution < 1.29 is 17.9 Å². The molecule has 0 aliphatic carbocycles. The number of rotatable bonds is 12. The van der Waals surface area contributed by atoms with Gasteiger partial charge in [-0.2, -0.15) is 4.31 Å². The molecule has 2 aromatic carbocycles. The first kappa shape index (κ1) is 24.9. The zero-order valence-corrected chi connectivity index (χ0v) is 20.6. The number of ether oxygens (including phenoxy) is 2. The number of hydrogen-bond donors (Lipinski definition) is 1. The Morgan fingerprint density at radius 1 is 1.00 bits per heavy atom. The van der Waals surface area contributed by atoms with E-state index in [0.717, 1.165) is 11.5 Å². The third-order valence-electron chi connectivity index (χ3n) is 4.82. The van der Waals surface area contributed by atoms with Crippen molar-refractivity contribution in [2.24, 2.45) is 0 Å². The van der Waals surface area contributed by atoms with Crippen LogP contribution in [-0.4, -0.2) is 59.7 Å². The molecule has 0 unspecified atom stereocenters. The van der Waals surface area contributed by atoms with Gasteiger partial charge in [-0.3, -0.25) is 0 Å². The highest BCUT2D eigenvalue weighted by Gasteiger charge is 2.23. The molecule has 0 radical (unpaired) electrons. The van der Waals surface area contributed by atoms with Crippen LogP contribution in [0.15, 0.2) is 58.6 Å². The molecule has 0 aliphatic rings. The molecular weight excluding hydrogens is 462 g/mol. The molecule has 0 atom stereocenters. The van der Waals surface area contributed by atoms with Crippen LogP contribution < -0.4 is 15.3 Å². The van der Waals surface area contributed by atoms with E-state index < -0.39 is 10.0 Å². The smallest absolute Gasteiger partial charge is 0.243 e.